The largest absolute Gasteiger partial charge is 0.381 e. The fraction of sp³-hybridized carbons (Fsp3) is 0.231. The van der Waals surface area contributed by atoms with Crippen molar-refractivity contribution in [1.82, 2.24) is 4.98 Å². The van der Waals surface area contributed by atoms with Crippen molar-refractivity contribution in [3.05, 3.63) is 124 Å². The van der Waals surface area contributed by atoms with E-state index in [1.807, 2.05) is 0 Å². The number of hydrogen-bond acceptors (Lipinski definition) is 7. The van der Waals surface area contributed by atoms with Crippen LogP contribution in [0.1, 0.15) is 48.8 Å². The Morgan fingerprint density at radius 1 is 0.808 bits per heavy atom. The number of amides is 3. The van der Waals surface area contributed by atoms with Gasteiger partial charge >= 0.3 is 0 Å². The van der Waals surface area contributed by atoms with E-state index < -0.39 is 40.9 Å². The second kappa shape index (κ2) is 13.5. The molecule has 9 nitrogen and oxygen atoms in total. The third-order valence-electron chi connectivity index (χ3n) is 9.92. The number of anilines is 4. The van der Waals surface area contributed by atoms with E-state index >= 15 is 4.39 Å². The number of ether oxygens (including phenoxy) is 1. The highest BCUT2D eigenvalue weighted by Gasteiger charge is 2.45. The van der Waals surface area contributed by atoms with Crippen LogP contribution in [0.4, 0.5) is 36.1 Å². The number of para-hydroxylation sites is 2. The number of nitrogens with zero attached hydrogens (tertiary/aromatic N) is 3. The van der Waals surface area contributed by atoms with Gasteiger partial charge in [0.1, 0.15) is 29.0 Å². The number of carbonyl (C=O) groups excluding carboxylic acids is 3. The van der Waals surface area contributed by atoms with E-state index in [0.717, 1.165) is 79.1 Å². The van der Waals surface area contributed by atoms with Gasteiger partial charge in [-0.3, -0.25) is 14.4 Å². The molecular weight excluding hydrogens is 692 g/mol. The number of halogens is 3. The highest BCUT2D eigenvalue weighted by molar-refractivity contribution is 7.17. The predicted octanol–water partition coefficient (Wildman–Crippen LogP) is 7.55. The van der Waals surface area contributed by atoms with Crippen LogP contribution in [0.2, 0.25) is 0 Å². The number of fused-ring (bicyclic) bond motifs is 3. The van der Waals surface area contributed by atoms with Crippen LogP contribution in [-0.2, 0) is 11.2 Å². The zero-order valence-electron chi connectivity index (χ0n) is 27.8. The third-order valence-corrected chi connectivity index (χ3v) is 11.1. The van der Waals surface area contributed by atoms with Gasteiger partial charge in [0.25, 0.3) is 17.7 Å². The van der Waals surface area contributed by atoms with Crippen LogP contribution in [0.3, 0.4) is 0 Å². The predicted molar refractivity (Wildman–Crippen MR) is 193 cm³/mol. The number of rotatable bonds is 6. The van der Waals surface area contributed by atoms with Crippen LogP contribution < -0.4 is 20.4 Å². The van der Waals surface area contributed by atoms with Crippen LogP contribution in [0.25, 0.3) is 10.4 Å². The molecule has 1 spiro atoms. The second-order valence-electron chi connectivity index (χ2n) is 13.2. The minimum Gasteiger partial charge on any atom is -0.381 e. The number of pyridine rings is 1. The van der Waals surface area contributed by atoms with E-state index in [-0.39, 0.29) is 28.1 Å². The zero-order valence-corrected chi connectivity index (χ0v) is 28.6. The molecule has 8 rings (SSSR count). The van der Waals surface area contributed by atoms with Crippen molar-refractivity contribution >= 4 is 51.9 Å². The molecule has 3 aliphatic heterocycles. The van der Waals surface area contributed by atoms with E-state index in [1.165, 1.54) is 23.1 Å². The minimum atomic E-state index is -0.887. The Labute approximate surface area is 301 Å². The molecule has 3 aliphatic rings. The molecule has 0 unspecified atom stereocenters. The first-order chi connectivity index (χ1) is 25.2. The molecule has 2 saturated heterocycles. The van der Waals surface area contributed by atoms with Crippen molar-refractivity contribution in [3.63, 3.8) is 0 Å². The molecule has 5 heterocycles. The average Bonchev–Trinajstić information content (AvgIpc) is 3.50. The van der Waals surface area contributed by atoms with Crippen molar-refractivity contribution in [2.75, 3.05) is 53.3 Å². The second-order valence-corrected chi connectivity index (χ2v) is 14.3. The maximum Gasteiger partial charge on any atom is 0.265 e. The van der Waals surface area contributed by atoms with Gasteiger partial charge in [0.2, 0.25) is 0 Å². The smallest absolute Gasteiger partial charge is 0.265 e. The van der Waals surface area contributed by atoms with Crippen molar-refractivity contribution in [2.45, 2.75) is 19.3 Å². The summed E-state index contributed by atoms with van der Waals surface area (Å²) >= 11 is 1.14. The summed E-state index contributed by atoms with van der Waals surface area (Å²) in [5, 5.41) is 5.09. The van der Waals surface area contributed by atoms with Gasteiger partial charge < -0.3 is 25.2 Å². The zero-order chi connectivity index (χ0) is 36.0. The Kier molecular flexibility index (Phi) is 8.76. The lowest BCUT2D eigenvalue weighted by Gasteiger charge is -2.53. The quantitative estimate of drug-likeness (QED) is 0.188. The van der Waals surface area contributed by atoms with E-state index in [1.54, 1.807) is 48.7 Å². The number of aromatic nitrogens is 1. The first-order valence-corrected chi connectivity index (χ1v) is 17.7. The third kappa shape index (κ3) is 6.19. The fourth-order valence-electron chi connectivity index (χ4n) is 7.18. The highest BCUT2D eigenvalue weighted by atomic mass is 32.1. The van der Waals surface area contributed by atoms with Crippen LogP contribution in [-0.4, -0.2) is 55.6 Å². The molecule has 0 radical (unpaired) electrons. The summed E-state index contributed by atoms with van der Waals surface area (Å²) in [5.41, 5.74) is 1.99. The van der Waals surface area contributed by atoms with Gasteiger partial charge in [0.05, 0.1) is 21.7 Å². The van der Waals surface area contributed by atoms with Gasteiger partial charge in [-0.15, -0.1) is 11.3 Å². The Morgan fingerprint density at radius 3 is 2.35 bits per heavy atom. The number of hydrogen-bond donors (Lipinski definition) is 2. The molecule has 3 amide bonds. The Morgan fingerprint density at radius 2 is 1.58 bits per heavy atom. The fourth-order valence-corrected chi connectivity index (χ4v) is 8.32. The monoisotopic (exact) mass is 723 g/mol. The van der Waals surface area contributed by atoms with Crippen molar-refractivity contribution < 1.29 is 32.3 Å². The van der Waals surface area contributed by atoms with E-state index in [2.05, 4.69) is 20.5 Å². The molecular formula is C39H32F3N5O4S. The van der Waals surface area contributed by atoms with Crippen molar-refractivity contribution in [2.24, 2.45) is 5.41 Å². The number of thiophene rings is 1. The van der Waals surface area contributed by atoms with E-state index in [0.29, 0.717) is 29.1 Å². The van der Waals surface area contributed by atoms with Gasteiger partial charge in [-0.1, -0.05) is 24.3 Å². The van der Waals surface area contributed by atoms with Gasteiger partial charge in [-0.2, -0.15) is 0 Å². The van der Waals surface area contributed by atoms with Crippen molar-refractivity contribution in [1.29, 1.82) is 0 Å². The standard InChI is InChI=1S/C39H32F3N5O4S/c40-28-7-3-8-29(41)33(28)45-37(49)32-19-23-12-16-47(31-9-2-1-5-26(31)34(23)52-32)38(50)25-11-10-24(20-30(25)42)44-36(48)27-6-4-15-43-35(27)46-21-39(22-46)13-17-51-18-14-39/h1-11,15,19-20H,12-14,16-18,21-22H2,(H,44,48)(H,45,49). The van der Waals surface area contributed by atoms with Crippen molar-refractivity contribution in [3.8, 4) is 10.4 Å². The Bertz CT molecular complexity index is 2210. The summed E-state index contributed by atoms with van der Waals surface area (Å²) in [6, 6.07) is 19.4. The summed E-state index contributed by atoms with van der Waals surface area (Å²) in [4.78, 5) is 49.4. The highest BCUT2D eigenvalue weighted by Crippen LogP contribution is 2.43. The van der Waals surface area contributed by atoms with Crippen LogP contribution >= 0.6 is 11.3 Å². The molecule has 0 aliphatic carbocycles. The Hall–Kier alpha value is -5.53. The molecule has 0 atom stereocenters. The van der Waals surface area contributed by atoms with Crippen LogP contribution in [0.5, 0.6) is 0 Å². The minimum absolute atomic E-state index is 0.172. The first kappa shape index (κ1) is 33.6. The molecule has 2 N–H and O–H groups in total. The van der Waals surface area contributed by atoms with Crippen LogP contribution in [0.15, 0.2) is 85.1 Å². The summed E-state index contributed by atoms with van der Waals surface area (Å²) in [6.07, 6.45) is 3.93. The summed E-state index contributed by atoms with van der Waals surface area (Å²) in [7, 11) is 0. The van der Waals surface area contributed by atoms with Gasteiger partial charge in [-0.05, 0) is 79.4 Å². The molecule has 52 heavy (non-hydrogen) atoms. The summed E-state index contributed by atoms with van der Waals surface area (Å²) in [6.45, 7) is 3.23. The Balaban J connectivity index is 0.989. The lowest BCUT2D eigenvalue weighted by molar-refractivity contribution is -0.000510. The SMILES string of the molecule is O=C(Nc1c(F)cccc1F)c1cc2c(s1)-c1ccccc1N(C(=O)c1ccc(NC(=O)c3cccnc3N3CC4(CCOCC4)C3)cc1F)CC2. The normalized spacial score (nSPS) is 16.0. The maximum absolute atomic E-state index is 15.7. The molecule has 2 fully saturated rings. The molecule has 264 valence electrons. The van der Waals surface area contributed by atoms with Gasteiger partial charge in [-0.25, -0.2) is 18.2 Å². The molecule has 13 heteroatoms. The summed E-state index contributed by atoms with van der Waals surface area (Å²) in [5.74, 6) is -3.66. The number of carbonyl (C=O) groups is 3. The number of nitrogens with one attached hydrogen (secondary N) is 2. The lowest BCUT2D eigenvalue weighted by atomic mass is 9.73. The molecule has 5 aromatic rings. The number of benzene rings is 3. The van der Waals surface area contributed by atoms with Gasteiger partial charge in [0, 0.05) is 60.6 Å². The summed E-state index contributed by atoms with van der Waals surface area (Å²) < 4.78 is 49.6. The van der Waals surface area contributed by atoms with E-state index in [4.69, 9.17) is 4.74 Å². The molecule has 2 aromatic heterocycles. The lowest BCUT2D eigenvalue weighted by Crippen LogP contribution is -2.59. The topological polar surface area (TPSA) is 104 Å². The molecule has 0 saturated carbocycles. The maximum atomic E-state index is 15.7. The van der Waals surface area contributed by atoms with Crippen LogP contribution in [0, 0.1) is 22.9 Å². The first-order valence-electron chi connectivity index (χ1n) is 16.9. The van der Waals surface area contributed by atoms with Gasteiger partial charge in [0.15, 0.2) is 0 Å². The van der Waals surface area contributed by atoms with E-state index in [9.17, 15) is 23.2 Å². The molecule has 0 bridgehead atoms. The average molecular weight is 724 g/mol. The molecule has 3 aromatic carbocycles.